The fourth-order valence-corrected chi connectivity index (χ4v) is 17.7. The molecule has 11 fully saturated rings. The molecule has 0 aliphatic carbocycles. The van der Waals surface area contributed by atoms with Crippen molar-refractivity contribution in [2.45, 2.75) is 379 Å². The van der Waals surface area contributed by atoms with E-state index in [4.69, 9.17) is 99.5 Å². The number of aliphatic hydroxyl groups is 29. The van der Waals surface area contributed by atoms with Gasteiger partial charge in [0.15, 0.2) is 69.2 Å². The molecule has 11 rings (SSSR count). The van der Waals surface area contributed by atoms with Crippen LogP contribution in [0.2, 0.25) is 0 Å². The quantitative estimate of drug-likeness (QED) is 0.0280. The molecule has 0 aromatic heterocycles. The van der Waals surface area contributed by atoms with Gasteiger partial charge in [0.1, 0.15) is 262 Å². The van der Waals surface area contributed by atoms with Crippen molar-refractivity contribution in [2.24, 2.45) is 0 Å². The molecular formula is C76H127N5O55. The Labute approximate surface area is 770 Å². The van der Waals surface area contributed by atoms with Crippen LogP contribution in [0.3, 0.4) is 0 Å². The maximum atomic E-state index is 13.4. The monoisotopic (exact) mass is 1990 g/mol. The molecule has 60 heteroatoms. The molecule has 0 radical (unpaired) electrons. The summed E-state index contributed by atoms with van der Waals surface area (Å²) in [5.41, 5.74) is 0. The second-order valence-electron chi connectivity index (χ2n) is 34.5. The lowest BCUT2D eigenvalue weighted by atomic mass is 9.93. The van der Waals surface area contributed by atoms with Gasteiger partial charge in [-0.15, -0.1) is 0 Å². The number of hydrogen-bond acceptors (Lipinski definition) is 55. The summed E-state index contributed by atoms with van der Waals surface area (Å²) < 4.78 is 125. The Hall–Kier alpha value is -4.65. The molecule has 0 spiro atoms. The summed E-state index contributed by atoms with van der Waals surface area (Å²) in [6.07, 6.45) is -105. The van der Waals surface area contributed by atoms with E-state index in [0.717, 1.165) is 34.6 Å². The molecular weight excluding hydrogens is 1860 g/mol. The smallest absolute Gasteiger partial charge is 0.217 e. The maximum Gasteiger partial charge on any atom is 0.217 e. The molecule has 11 saturated heterocycles. The molecule has 0 saturated carbocycles. The number of carbonyl (C=O) groups excluding carboxylic acids is 5. The molecule has 55 atom stereocenters. The maximum absolute atomic E-state index is 13.4. The third-order valence-corrected chi connectivity index (χ3v) is 24.9. The predicted molar refractivity (Wildman–Crippen MR) is 419 cm³/mol. The molecule has 0 aromatic carbocycles. The van der Waals surface area contributed by atoms with E-state index in [-0.39, 0.29) is 0 Å². The van der Waals surface area contributed by atoms with Crippen LogP contribution in [-0.2, 0) is 123 Å². The minimum absolute atomic E-state index is 0.822. The zero-order valence-electron chi connectivity index (χ0n) is 73.4. The van der Waals surface area contributed by atoms with Crippen LogP contribution in [0, 0.1) is 0 Å². The summed E-state index contributed by atoms with van der Waals surface area (Å²) in [5.74, 6) is -4.70. The number of hydrogen-bond donors (Lipinski definition) is 34. The Balaban J connectivity index is 0.920. The number of amides is 5. The topological polar surface area (TPSA) is 926 Å². The van der Waals surface area contributed by atoms with Gasteiger partial charge in [-0.1, -0.05) is 0 Å². The van der Waals surface area contributed by atoms with Crippen molar-refractivity contribution < 1.29 is 272 Å². The van der Waals surface area contributed by atoms with Gasteiger partial charge in [-0.25, -0.2) is 0 Å². The van der Waals surface area contributed by atoms with Gasteiger partial charge in [0.25, 0.3) is 0 Å². The van der Waals surface area contributed by atoms with Crippen molar-refractivity contribution in [3.63, 3.8) is 0 Å². The molecule has 0 aromatic rings. The highest BCUT2D eigenvalue weighted by molar-refractivity contribution is 5.75. The van der Waals surface area contributed by atoms with E-state index < -0.39 is 433 Å². The molecule has 786 valence electrons. The molecule has 0 bridgehead atoms. The predicted octanol–water partition coefficient (Wildman–Crippen LogP) is -23.2. The van der Waals surface area contributed by atoms with E-state index in [1.807, 2.05) is 0 Å². The minimum atomic E-state index is -2.68. The van der Waals surface area contributed by atoms with Gasteiger partial charge in [0, 0.05) is 34.6 Å². The highest BCUT2D eigenvalue weighted by Gasteiger charge is 2.63. The second kappa shape index (κ2) is 48.8. The summed E-state index contributed by atoms with van der Waals surface area (Å²) in [5, 5.41) is 339. The normalized spacial score (nSPS) is 49.2. The van der Waals surface area contributed by atoms with Crippen LogP contribution in [0.15, 0.2) is 0 Å². The molecule has 11 heterocycles. The summed E-state index contributed by atoms with van der Waals surface area (Å²) in [6, 6.07) is -9.58. The van der Waals surface area contributed by atoms with Crippen LogP contribution in [0.4, 0.5) is 0 Å². The van der Waals surface area contributed by atoms with E-state index in [1.165, 1.54) is 6.92 Å². The Morgan fingerprint density at radius 2 is 0.456 bits per heavy atom. The Morgan fingerprint density at radius 3 is 0.860 bits per heavy atom. The number of rotatable bonds is 35. The third kappa shape index (κ3) is 24.8. The van der Waals surface area contributed by atoms with Gasteiger partial charge in [-0.05, 0) is 6.92 Å². The lowest BCUT2D eigenvalue weighted by Gasteiger charge is -2.51. The molecule has 5 amide bonds. The molecule has 60 nitrogen and oxygen atoms in total. The highest BCUT2D eigenvalue weighted by Crippen LogP contribution is 2.42. The number of carbonyl (C=O) groups is 5. The molecule has 11 aliphatic heterocycles. The lowest BCUT2D eigenvalue weighted by Crippen LogP contribution is -2.71. The molecule has 1 unspecified atom stereocenters. The first-order valence-corrected chi connectivity index (χ1v) is 43.5. The summed E-state index contributed by atoms with van der Waals surface area (Å²) in [4.78, 5) is 64.6. The van der Waals surface area contributed by atoms with Crippen molar-refractivity contribution >= 4 is 29.5 Å². The van der Waals surface area contributed by atoms with Crippen LogP contribution in [0.5, 0.6) is 0 Å². The van der Waals surface area contributed by atoms with Crippen molar-refractivity contribution in [3.05, 3.63) is 0 Å². The summed E-state index contributed by atoms with van der Waals surface area (Å²) >= 11 is 0. The standard InChI is InChI=1S/C76H127N5O55/c1-17-38(95)50(107)54(111)71(118-17)116-16-32-61(46(103)33(66(115)119-32)77-18(2)90)130-68-35(79-20(4)92)48(105)60(29(13-88)125-68)132-74-57(114)63(44(101)31(128-74)15-117-75-64(52(109)41(98)25(9-84)123-75)135-69-36(80-21(5)93)47(104)58(28(12-87)126-69)129-67-34(78-19(3)91)45(102)39(96)23(7-82)120-67)134-76-65(53(110)42(99)26(10-85)124-76)136-70-37(81-22(6)94)49(106)59(30(14-89)127-70)131-73-56(113)62(43(100)27(11-86)122-73)133-72-55(112)51(108)40(97)24(8-83)121-72/h17,23-76,82-89,95-115H,7-16H2,1-6H3,(H,77,90)(H,78,91)(H,79,92)(H,80,93)(H,81,94)/t17-,23+,24+,25+,26+,27+,28+,29+,30+,31+,32+,33+,34+,35+,36+,37+,38+,39-,40-,41+,42+,43-,44+,45+,46+,47+,48+,49+,50+,51-,52-,53-,54-,55+,56+,57-,58+,59+,60+,61+,62-,63-,64-,65-,66?,67-,68-,69-,70-,71+,72+,73-,74-,75-,76+/m0/s1. The Kier molecular flexibility index (Phi) is 40.1. The van der Waals surface area contributed by atoms with Crippen LogP contribution in [-0.4, -0.2) is 581 Å². The van der Waals surface area contributed by atoms with E-state index in [0.29, 0.717) is 0 Å². The van der Waals surface area contributed by atoms with Crippen molar-refractivity contribution in [3.8, 4) is 0 Å². The van der Waals surface area contributed by atoms with E-state index in [1.54, 1.807) is 0 Å². The Bertz CT molecular complexity index is 3760. The summed E-state index contributed by atoms with van der Waals surface area (Å²) in [6.45, 7) is -5.32. The van der Waals surface area contributed by atoms with Crippen LogP contribution in [0.1, 0.15) is 41.5 Å². The Morgan fingerprint density at radius 1 is 0.206 bits per heavy atom. The van der Waals surface area contributed by atoms with Crippen molar-refractivity contribution in [1.82, 2.24) is 26.6 Å². The van der Waals surface area contributed by atoms with Crippen LogP contribution in [0.25, 0.3) is 0 Å². The summed E-state index contributed by atoms with van der Waals surface area (Å²) in [7, 11) is 0. The van der Waals surface area contributed by atoms with Gasteiger partial charge in [-0.3, -0.25) is 24.0 Å². The van der Waals surface area contributed by atoms with Crippen LogP contribution < -0.4 is 26.6 Å². The minimum Gasteiger partial charge on any atom is -0.394 e. The van der Waals surface area contributed by atoms with Gasteiger partial charge in [0.2, 0.25) is 29.5 Å². The van der Waals surface area contributed by atoms with Crippen LogP contribution >= 0.6 is 0 Å². The van der Waals surface area contributed by atoms with Gasteiger partial charge in [0.05, 0.1) is 72.2 Å². The first kappa shape index (κ1) is 112. The first-order valence-electron chi connectivity index (χ1n) is 43.5. The zero-order chi connectivity index (χ0) is 100. The van der Waals surface area contributed by atoms with Crippen molar-refractivity contribution in [1.29, 1.82) is 0 Å². The van der Waals surface area contributed by atoms with Gasteiger partial charge in [-0.2, -0.15) is 0 Å². The van der Waals surface area contributed by atoms with E-state index >= 15 is 0 Å². The average Bonchev–Trinajstić information content (AvgIpc) is 0.756. The SMILES string of the molecule is CC(=O)N[C@H]1[C@H](O[C@H]2[C@H](O)[C@@H](NC(C)=O)C(O)O[C@@H]2CO[C@@H]2O[C@@H](C)[C@@H](O)[C@@H](O)[C@@H]2O)O[C@H](CO)[C@@H](O[C@@H]2O[C@H](CO[C@H]3O[C@H](CO)[C@@H](O)[C@H](O)[C@@H]3O[C@@H]3O[C@H](CO)[C@@H](O[C@@H]4O[C@H](CO)[C@H](O)[C@H](O)[C@H]4NC(C)=O)[C@H](O)[C@H]3NC(C)=O)[C@@H](O)[C@H](O[C@H]3O[C@H](CO)[C@@H](O)[C@H](O)[C@@H]3O[C@@H]3O[C@H](CO)[C@@H](O[C@@H]4O[C@H](CO)[C@H](O)[C@H](O[C@H]5O[C@H](CO)[C@H](O)[C@H](O)[C@H]5O)[C@H]4O)[C@H](O)[C@H]3NC(C)=O)[C@@H]2O)[C@@H]1O. The first-order chi connectivity index (χ1) is 64.3. The fourth-order valence-electron chi connectivity index (χ4n) is 17.7. The average molecular weight is 1990 g/mol. The second-order valence-corrected chi connectivity index (χ2v) is 34.5. The molecule has 11 aliphatic rings. The van der Waals surface area contributed by atoms with E-state index in [9.17, 15) is 172 Å². The third-order valence-electron chi connectivity index (χ3n) is 24.9. The van der Waals surface area contributed by atoms with E-state index in [2.05, 4.69) is 26.6 Å². The van der Waals surface area contributed by atoms with Crippen molar-refractivity contribution in [2.75, 3.05) is 66.1 Å². The largest absolute Gasteiger partial charge is 0.394 e. The zero-order valence-corrected chi connectivity index (χ0v) is 73.4. The lowest BCUT2D eigenvalue weighted by molar-refractivity contribution is -0.400. The molecule has 34 N–H and O–H groups in total. The molecule has 136 heavy (non-hydrogen) atoms. The fraction of sp³-hybridized carbons (Fsp3) is 0.934. The highest BCUT2D eigenvalue weighted by atomic mass is 16.8. The number of aliphatic hydroxyl groups excluding tert-OH is 29. The number of ether oxygens (including phenoxy) is 21. The van der Waals surface area contributed by atoms with Gasteiger partial charge < -0.3 is 274 Å². The van der Waals surface area contributed by atoms with Gasteiger partial charge >= 0.3 is 0 Å². The number of nitrogens with one attached hydrogen (secondary N) is 5.